The zero-order valence-corrected chi connectivity index (χ0v) is 17.9. The van der Waals surface area contributed by atoms with E-state index in [1.54, 1.807) is 7.05 Å². The van der Waals surface area contributed by atoms with E-state index >= 15 is 0 Å². The molecule has 0 radical (unpaired) electrons. The summed E-state index contributed by atoms with van der Waals surface area (Å²) in [6.07, 6.45) is 11.9. The van der Waals surface area contributed by atoms with Crippen molar-refractivity contribution in [3.63, 3.8) is 0 Å². The summed E-state index contributed by atoms with van der Waals surface area (Å²) in [5.74, 6) is 2.24. The molecule has 4 atom stereocenters. The van der Waals surface area contributed by atoms with Crippen LogP contribution in [-0.4, -0.2) is 58.9 Å². The fraction of sp³-hybridized carbons (Fsp3) is 0.636. The van der Waals surface area contributed by atoms with Crippen LogP contribution in [0.5, 0.6) is 0 Å². The molecule has 0 aromatic carbocycles. The van der Waals surface area contributed by atoms with Gasteiger partial charge in [-0.15, -0.1) is 0 Å². The highest BCUT2D eigenvalue weighted by molar-refractivity contribution is 6.06. The number of hydrogen-bond donors (Lipinski definition) is 2. The van der Waals surface area contributed by atoms with E-state index in [2.05, 4.69) is 37.3 Å². The van der Waals surface area contributed by atoms with Crippen molar-refractivity contribution in [3.05, 3.63) is 30.4 Å². The summed E-state index contributed by atoms with van der Waals surface area (Å²) in [5, 5.41) is 6.60. The van der Waals surface area contributed by atoms with Crippen molar-refractivity contribution < 1.29 is 9.59 Å². The first-order chi connectivity index (χ1) is 14.6. The number of amides is 2. The summed E-state index contributed by atoms with van der Waals surface area (Å²) in [6, 6.07) is 0. The van der Waals surface area contributed by atoms with Crippen molar-refractivity contribution in [3.8, 4) is 0 Å². The number of likely N-dealkylation sites (tertiary alicyclic amines) is 1. The predicted octanol–water partition coefficient (Wildman–Crippen LogP) is 1.33. The maximum Gasteiger partial charge on any atom is 0.233 e. The Morgan fingerprint density at radius 1 is 1.07 bits per heavy atom. The summed E-state index contributed by atoms with van der Waals surface area (Å²) in [5.41, 5.74) is 0. The minimum Gasteiger partial charge on any atom is -0.356 e. The second-order valence-corrected chi connectivity index (χ2v) is 8.48. The number of imide groups is 1. The zero-order valence-electron chi connectivity index (χ0n) is 17.9. The third kappa shape index (κ3) is 4.00. The van der Waals surface area contributed by atoms with Crippen molar-refractivity contribution >= 4 is 17.8 Å². The first-order valence-corrected chi connectivity index (χ1v) is 11.1. The first-order valence-electron chi connectivity index (χ1n) is 11.1. The van der Waals surface area contributed by atoms with Gasteiger partial charge in [-0.3, -0.25) is 19.5 Å². The molecule has 1 aliphatic heterocycles. The van der Waals surface area contributed by atoms with E-state index in [0.717, 1.165) is 50.6 Å². The average molecular weight is 413 g/mol. The van der Waals surface area contributed by atoms with Gasteiger partial charge in [0.2, 0.25) is 11.8 Å². The molecular weight excluding hydrogens is 380 g/mol. The molecule has 0 spiro atoms. The second-order valence-electron chi connectivity index (χ2n) is 8.48. The van der Waals surface area contributed by atoms with Crippen LogP contribution in [0, 0.1) is 30.6 Å². The third-order valence-electron chi connectivity index (χ3n) is 6.68. The number of carbonyl (C=O) groups excluding carboxylic acids is 2. The molecular formula is C22H32N6O2. The molecule has 162 valence electrons. The van der Waals surface area contributed by atoms with E-state index in [-0.39, 0.29) is 35.5 Å². The van der Waals surface area contributed by atoms with Crippen molar-refractivity contribution in [2.24, 2.45) is 28.7 Å². The summed E-state index contributed by atoms with van der Waals surface area (Å²) in [6.45, 7) is 4.98. The number of imidazole rings is 1. The van der Waals surface area contributed by atoms with E-state index in [0.29, 0.717) is 13.1 Å². The molecule has 8 heteroatoms. The van der Waals surface area contributed by atoms with Crippen LogP contribution >= 0.6 is 0 Å². The smallest absolute Gasteiger partial charge is 0.233 e. The van der Waals surface area contributed by atoms with Gasteiger partial charge in [0.1, 0.15) is 5.82 Å². The lowest BCUT2D eigenvalue weighted by Crippen LogP contribution is -2.40. The number of unbranched alkanes of at least 4 members (excludes halogenated alkanes) is 1. The van der Waals surface area contributed by atoms with E-state index in [1.807, 2.05) is 19.3 Å². The van der Waals surface area contributed by atoms with Gasteiger partial charge in [0.05, 0.1) is 11.8 Å². The summed E-state index contributed by atoms with van der Waals surface area (Å²) < 4.78 is 2.16. The van der Waals surface area contributed by atoms with Crippen LogP contribution in [0.2, 0.25) is 0 Å². The Labute approximate surface area is 177 Å². The summed E-state index contributed by atoms with van der Waals surface area (Å²) >= 11 is 0. The van der Waals surface area contributed by atoms with Gasteiger partial charge in [-0.2, -0.15) is 0 Å². The number of aliphatic imine (C=N–C) groups is 1. The highest BCUT2D eigenvalue weighted by Gasteiger charge is 2.58. The molecule has 2 aliphatic carbocycles. The number of aromatic nitrogens is 2. The molecule has 2 N–H and O–H groups in total. The SMILES string of the molecule is CN=C(NCCCCn1ccnc1C)NCCCN1C(=O)C2C3C=CC(C3)C2C1=O. The van der Waals surface area contributed by atoms with E-state index in [9.17, 15) is 9.59 Å². The molecule has 1 aromatic heterocycles. The number of carbonyl (C=O) groups is 2. The van der Waals surface area contributed by atoms with Crippen LogP contribution in [0.25, 0.3) is 0 Å². The number of guanidine groups is 1. The molecule has 3 aliphatic rings. The highest BCUT2D eigenvalue weighted by Crippen LogP contribution is 2.52. The van der Waals surface area contributed by atoms with Crippen molar-refractivity contribution in [1.29, 1.82) is 0 Å². The van der Waals surface area contributed by atoms with Crippen molar-refractivity contribution in [1.82, 2.24) is 25.1 Å². The van der Waals surface area contributed by atoms with Gasteiger partial charge in [-0.05, 0) is 44.4 Å². The quantitative estimate of drug-likeness (QED) is 0.210. The zero-order chi connectivity index (χ0) is 21.1. The Hall–Kier alpha value is -2.64. The molecule has 4 rings (SSSR count). The largest absolute Gasteiger partial charge is 0.356 e. The standard InChI is InChI=1S/C22H32N6O2/c1-15-24-10-13-27(15)11-4-3-8-25-22(23-2)26-9-5-12-28-20(29)18-16-6-7-17(14-16)19(18)21(28)30/h6-7,10,13,16-19H,3-5,8-9,11-12,14H2,1-2H3,(H2,23,25,26). The number of hydrogen-bond acceptors (Lipinski definition) is 4. The Morgan fingerprint density at radius 3 is 2.33 bits per heavy atom. The number of rotatable bonds is 9. The number of aryl methyl sites for hydroxylation is 2. The predicted molar refractivity (Wildman–Crippen MR) is 115 cm³/mol. The number of allylic oxidation sites excluding steroid dienone is 2. The Kier molecular flexibility index (Phi) is 6.20. The molecule has 1 saturated heterocycles. The lowest BCUT2D eigenvalue weighted by atomic mass is 9.85. The van der Waals surface area contributed by atoms with Crippen LogP contribution in [-0.2, 0) is 16.1 Å². The van der Waals surface area contributed by atoms with Gasteiger partial charge < -0.3 is 15.2 Å². The molecule has 2 fully saturated rings. The van der Waals surface area contributed by atoms with Crippen molar-refractivity contribution in [2.45, 2.75) is 39.2 Å². The Morgan fingerprint density at radius 2 is 1.73 bits per heavy atom. The molecule has 1 saturated carbocycles. The summed E-state index contributed by atoms with van der Waals surface area (Å²) in [7, 11) is 1.75. The van der Waals surface area contributed by atoms with Crippen LogP contribution in [0.1, 0.15) is 31.5 Å². The minimum absolute atomic E-state index is 0.0393. The normalized spacial score (nSPS) is 27.3. The maximum atomic E-state index is 12.7. The fourth-order valence-corrected chi connectivity index (χ4v) is 5.10. The third-order valence-corrected chi connectivity index (χ3v) is 6.68. The molecule has 1 aromatic rings. The Balaban J connectivity index is 1.12. The second kappa shape index (κ2) is 9.02. The number of nitrogens with zero attached hydrogens (tertiary/aromatic N) is 4. The minimum atomic E-state index is -0.0963. The molecule has 4 unspecified atom stereocenters. The first kappa shape index (κ1) is 20.6. The molecule has 2 amide bonds. The van der Waals surface area contributed by atoms with Gasteiger partial charge in [0.15, 0.2) is 5.96 Å². The van der Waals surface area contributed by atoms with Gasteiger partial charge in [-0.1, -0.05) is 12.2 Å². The topological polar surface area (TPSA) is 91.6 Å². The van der Waals surface area contributed by atoms with Crippen molar-refractivity contribution in [2.75, 3.05) is 26.7 Å². The van der Waals surface area contributed by atoms with Gasteiger partial charge in [0.25, 0.3) is 0 Å². The number of nitrogens with one attached hydrogen (secondary N) is 2. The van der Waals surface area contributed by atoms with Crippen LogP contribution in [0.4, 0.5) is 0 Å². The lowest BCUT2D eigenvalue weighted by Gasteiger charge is -2.18. The van der Waals surface area contributed by atoms with E-state index < -0.39 is 0 Å². The molecule has 2 heterocycles. The van der Waals surface area contributed by atoms with Crippen LogP contribution in [0.3, 0.4) is 0 Å². The molecule has 8 nitrogen and oxygen atoms in total. The fourth-order valence-electron chi connectivity index (χ4n) is 5.10. The number of fused-ring (bicyclic) bond motifs is 5. The van der Waals surface area contributed by atoms with Crippen LogP contribution in [0.15, 0.2) is 29.5 Å². The molecule has 30 heavy (non-hydrogen) atoms. The monoisotopic (exact) mass is 412 g/mol. The van der Waals surface area contributed by atoms with E-state index in [1.165, 1.54) is 4.90 Å². The van der Waals surface area contributed by atoms with Gasteiger partial charge in [0, 0.05) is 45.6 Å². The lowest BCUT2D eigenvalue weighted by molar-refractivity contribution is -0.140. The van der Waals surface area contributed by atoms with Crippen LogP contribution < -0.4 is 10.6 Å². The Bertz CT molecular complexity index is 814. The van der Waals surface area contributed by atoms with E-state index in [4.69, 9.17) is 0 Å². The average Bonchev–Trinajstić information content (AvgIpc) is 3.50. The summed E-state index contributed by atoms with van der Waals surface area (Å²) in [4.78, 5) is 35.4. The van der Waals surface area contributed by atoms with Gasteiger partial charge >= 0.3 is 0 Å². The van der Waals surface area contributed by atoms with Gasteiger partial charge in [-0.25, -0.2) is 4.98 Å². The highest BCUT2D eigenvalue weighted by atomic mass is 16.2. The molecule has 2 bridgehead atoms. The maximum absolute atomic E-state index is 12.7.